The zero-order chi connectivity index (χ0) is 12.1. The summed E-state index contributed by atoms with van der Waals surface area (Å²) in [5.74, 6) is 1.05. The molecule has 7 nitrogen and oxygen atoms in total. The number of nitrogens with zero attached hydrogens (tertiary/aromatic N) is 3. The Kier molecular flexibility index (Phi) is 4.43. The van der Waals surface area contributed by atoms with Gasteiger partial charge in [0.2, 0.25) is 5.82 Å². The van der Waals surface area contributed by atoms with Crippen LogP contribution in [0.2, 0.25) is 0 Å². The highest BCUT2D eigenvalue weighted by Crippen LogP contribution is 2.18. The molecular formula is C10H18N4O3. The van der Waals surface area contributed by atoms with Gasteiger partial charge in [0.25, 0.3) is 5.89 Å². The summed E-state index contributed by atoms with van der Waals surface area (Å²) < 4.78 is 15.9. The van der Waals surface area contributed by atoms with E-state index < -0.39 is 0 Å². The molecule has 2 N–H and O–H groups in total. The molecule has 0 aromatic carbocycles. The number of ether oxygens (including phenoxy) is 2. The summed E-state index contributed by atoms with van der Waals surface area (Å²) in [6.45, 7) is 3.67. The topological polar surface area (TPSA) is 86.6 Å². The molecule has 0 bridgehead atoms. The van der Waals surface area contributed by atoms with Crippen LogP contribution in [-0.2, 0) is 16.1 Å². The molecule has 0 saturated carbocycles. The van der Waals surface area contributed by atoms with E-state index in [1.54, 1.807) is 0 Å². The molecule has 0 amide bonds. The van der Waals surface area contributed by atoms with Crippen molar-refractivity contribution in [3.05, 3.63) is 11.7 Å². The van der Waals surface area contributed by atoms with E-state index in [-0.39, 0.29) is 6.10 Å². The number of rotatable bonds is 5. The van der Waals surface area contributed by atoms with Crippen molar-refractivity contribution in [2.24, 2.45) is 5.73 Å². The first kappa shape index (κ1) is 12.4. The Labute approximate surface area is 99.9 Å². The molecule has 2 rings (SSSR count). The first-order valence-electron chi connectivity index (χ1n) is 5.70. The predicted octanol–water partition coefficient (Wildman–Crippen LogP) is -0.452. The Hall–Kier alpha value is -1.02. The lowest BCUT2D eigenvalue weighted by Gasteiger charge is -2.27. The standard InChI is InChI=1S/C10H18N4O3/c1-14-3-5-16-8(6-14)10-12-9(17-13-10)7-15-4-2-11/h8H,2-7,11H2,1H3. The van der Waals surface area contributed by atoms with Gasteiger partial charge in [-0.15, -0.1) is 0 Å². The summed E-state index contributed by atoms with van der Waals surface area (Å²) in [6.07, 6.45) is -0.110. The van der Waals surface area contributed by atoms with Gasteiger partial charge in [-0.2, -0.15) is 4.98 Å². The van der Waals surface area contributed by atoms with Crippen LogP contribution in [0.3, 0.4) is 0 Å². The molecule has 2 heterocycles. The van der Waals surface area contributed by atoms with E-state index in [1.165, 1.54) is 0 Å². The Morgan fingerprint density at radius 3 is 3.24 bits per heavy atom. The quantitative estimate of drug-likeness (QED) is 0.699. The van der Waals surface area contributed by atoms with Crippen molar-refractivity contribution in [1.29, 1.82) is 0 Å². The summed E-state index contributed by atoms with van der Waals surface area (Å²) in [4.78, 5) is 6.42. The lowest BCUT2D eigenvalue weighted by molar-refractivity contribution is -0.0264. The Balaban J connectivity index is 1.88. The fourth-order valence-corrected chi connectivity index (χ4v) is 1.63. The van der Waals surface area contributed by atoms with E-state index in [9.17, 15) is 0 Å². The van der Waals surface area contributed by atoms with E-state index in [0.717, 1.165) is 13.1 Å². The van der Waals surface area contributed by atoms with Gasteiger partial charge in [0.05, 0.1) is 13.2 Å². The van der Waals surface area contributed by atoms with Crippen LogP contribution in [0.4, 0.5) is 0 Å². The van der Waals surface area contributed by atoms with Crippen LogP contribution in [0.25, 0.3) is 0 Å². The molecule has 96 valence electrons. The minimum Gasteiger partial charge on any atom is -0.370 e. The lowest BCUT2D eigenvalue weighted by atomic mass is 10.3. The second-order valence-electron chi connectivity index (χ2n) is 4.01. The molecule has 1 unspecified atom stereocenters. The molecule has 17 heavy (non-hydrogen) atoms. The highest BCUT2D eigenvalue weighted by Gasteiger charge is 2.24. The average molecular weight is 242 g/mol. The van der Waals surface area contributed by atoms with Crippen LogP contribution < -0.4 is 5.73 Å². The van der Waals surface area contributed by atoms with Gasteiger partial charge in [-0.1, -0.05) is 5.16 Å². The Morgan fingerprint density at radius 1 is 1.59 bits per heavy atom. The molecule has 0 radical (unpaired) electrons. The van der Waals surface area contributed by atoms with Crippen LogP contribution in [0, 0.1) is 0 Å². The van der Waals surface area contributed by atoms with Crippen LogP contribution in [0.1, 0.15) is 17.8 Å². The number of likely N-dealkylation sites (N-methyl/N-ethyl adjacent to an activating group) is 1. The fourth-order valence-electron chi connectivity index (χ4n) is 1.63. The molecule has 1 aliphatic heterocycles. The van der Waals surface area contributed by atoms with Crippen molar-refractivity contribution < 1.29 is 14.0 Å². The fraction of sp³-hybridized carbons (Fsp3) is 0.800. The maximum Gasteiger partial charge on any atom is 0.252 e. The van der Waals surface area contributed by atoms with E-state index in [1.807, 2.05) is 7.05 Å². The van der Waals surface area contributed by atoms with Crippen molar-refractivity contribution in [1.82, 2.24) is 15.0 Å². The van der Waals surface area contributed by atoms with E-state index in [0.29, 0.717) is 38.1 Å². The van der Waals surface area contributed by atoms with Crippen molar-refractivity contribution >= 4 is 0 Å². The Morgan fingerprint density at radius 2 is 2.47 bits per heavy atom. The number of hydrogen-bond acceptors (Lipinski definition) is 7. The molecule has 1 aromatic heterocycles. The summed E-state index contributed by atoms with van der Waals surface area (Å²) in [7, 11) is 2.04. The van der Waals surface area contributed by atoms with Crippen LogP contribution >= 0.6 is 0 Å². The summed E-state index contributed by atoms with van der Waals surface area (Å²) in [5.41, 5.74) is 5.31. The van der Waals surface area contributed by atoms with Gasteiger partial charge < -0.3 is 24.6 Å². The third-order valence-corrected chi connectivity index (χ3v) is 2.53. The highest BCUT2D eigenvalue weighted by molar-refractivity contribution is 4.93. The molecule has 0 aliphatic carbocycles. The van der Waals surface area contributed by atoms with E-state index in [4.69, 9.17) is 19.7 Å². The second-order valence-corrected chi connectivity index (χ2v) is 4.01. The minimum absolute atomic E-state index is 0.110. The van der Waals surface area contributed by atoms with Gasteiger partial charge in [-0.3, -0.25) is 0 Å². The second kappa shape index (κ2) is 6.06. The Bertz CT molecular complexity index is 344. The lowest BCUT2D eigenvalue weighted by Crippen LogP contribution is -2.35. The molecule has 1 fully saturated rings. The number of nitrogens with two attached hydrogens (primary N) is 1. The number of aromatic nitrogens is 2. The maximum atomic E-state index is 5.59. The zero-order valence-electron chi connectivity index (χ0n) is 9.96. The van der Waals surface area contributed by atoms with E-state index in [2.05, 4.69) is 15.0 Å². The SMILES string of the molecule is CN1CCOC(c2noc(COCCN)n2)C1. The molecular weight excluding hydrogens is 224 g/mol. The van der Waals surface area contributed by atoms with Gasteiger partial charge in [-0.25, -0.2) is 0 Å². The summed E-state index contributed by atoms with van der Waals surface area (Å²) in [6, 6.07) is 0. The van der Waals surface area contributed by atoms with Gasteiger partial charge >= 0.3 is 0 Å². The number of morpholine rings is 1. The average Bonchev–Trinajstić information content (AvgIpc) is 2.78. The first-order chi connectivity index (χ1) is 8.29. The normalized spacial score (nSPS) is 21.9. The smallest absolute Gasteiger partial charge is 0.252 e. The third-order valence-electron chi connectivity index (χ3n) is 2.53. The van der Waals surface area contributed by atoms with Crippen LogP contribution in [0.15, 0.2) is 4.52 Å². The molecule has 7 heteroatoms. The summed E-state index contributed by atoms with van der Waals surface area (Å²) in [5, 5.41) is 3.90. The molecule has 0 spiro atoms. The largest absolute Gasteiger partial charge is 0.370 e. The molecule has 1 aromatic rings. The zero-order valence-corrected chi connectivity index (χ0v) is 9.96. The van der Waals surface area contributed by atoms with Gasteiger partial charge in [0, 0.05) is 19.6 Å². The van der Waals surface area contributed by atoms with Crippen molar-refractivity contribution in [3.8, 4) is 0 Å². The predicted molar refractivity (Wildman–Crippen MR) is 59.2 cm³/mol. The van der Waals surface area contributed by atoms with Gasteiger partial charge in [0.1, 0.15) is 12.7 Å². The summed E-state index contributed by atoms with van der Waals surface area (Å²) >= 11 is 0. The number of hydrogen-bond donors (Lipinski definition) is 1. The van der Waals surface area contributed by atoms with Crippen molar-refractivity contribution in [2.45, 2.75) is 12.7 Å². The van der Waals surface area contributed by atoms with Crippen LogP contribution in [0.5, 0.6) is 0 Å². The van der Waals surface area contributed by atoms with Gasteiger partial charge in [-0.05, 0) is 7.05 Å². The first-order valence-corrected chi connectivity index (χ1v) is 5.70. The monoisotopic (exact) mass is 242 g/mol. The minimum atomic E-state index is -0.110. The maximum absolute atomic E-state index is 5.59. The molecule has 1 saturated heterocycles. The third kappa shape index (κ3) is 3.47. The molecule has 1 aliphatic rings. The molecule has 1 atom stereocenters. The van der Waals surface area contributed by atoms with Crippen molar-refractivity contribution in [2.75, 3.05) is 39.9 Å². The highest BCUT2D eigenvalue weighted by atomic mass is 16.5. The van der Waals surface area contributed by atoms with Gasteiger partial charge in [0.15, 0.2) is 0 Å². The van der Waals surface area contributed by atoms with Crippen LogP contribution in [-0.4, -0.2) is 54.9 Å². The van der Waals surface area contributed by atoms with E-state index >= 15 is 0 Å². The van der Waals surface area contributed by atoms with Crippen molar-refractivity contribution in [3.63, 3.8) is 0 Å².